The van der Waals surface area contributed by atoms with Crippen LogP contribution in [0.5, 0.6) is 0 Å². The molecule has 156 valence electrons. The molecule has 1 aliphatic carbocycles. The molecule has 0 N–H and O–H groups in total. The highest BCUT2D eigenvalue weighted by Gasteiger charge is 2.23. The van der Waals surface area contributed by atoms with Crippen molar-refractivity contribution in [1.82, 2.24) is 34.4 Å². The van der Waals surface area contributed by atoms with Crippen molar-refractivity contribution >= 4 is 5.82 Å². The number of hydrogen-bond donors (Lipinski definition) is 0. The van der Waals surface area contributed by atoms with Crippen molar-refractivity contribution < 1.29 is 0 Å². The smallest absolute Gasteiger partial charge is 0.266 e. The molecule has 0 radical (unpaired) electrons. The van der Waals surface area contributed by atoms with Gasteiger partial charge in [0.2, 0.25) is 0 Å². The first kappa shape index (κ1) is 18.9. The fourth-order valence-electron chi connectivity index (χ4n) is 4.02. The predicted octanol–water partition coefficient (Wildman–Crippen LogP) is 1.31. The topological polar surface area (TPSA) is 85.0 Å². The molecular formula is C21H26N8O. The lowest BCUT2D eigenvalue weighted by atomic mass is 9.83. The number of piperazine rings is 1. The molecule has 0 atom stereocenters. The average molecular weight is 406 g/mol. The van der Waals surface area contributed by atoms with Gasteiger partial charge in [0.05, 0.1) is 6.54 Å². The molecule has 0 bridgehead atoms. The quantitative estimate of drug-likeness (QED) is 0.610. The van der Waals surface area contributed by atoms with Crippen LogP contribution in [0.3, 0.4) is 0 Å². The van der Waals surface area contributed by atoms with E-state index < -0.39 is 0 Å². The van der Waals surface area contributed by atoms with Crippen molar-refractivity contribution in [3.8, 4) is 5.82 Å². The third kappa shape index (κ3) is 3.97. The Morgan fingerprint density at radius 2 is 1.87 bits per heavy atom. The van der Waals surface area contributed by atoms with Crippen LogP contribution in [-0.4, -0.2) is 67.2 Å². The summed E-state index contributed by atoms with van der Waals surface area (Å²) in [5.41, 5.74) is 1.10. The highest BCUT2D eigenvalue weighted by atomic mass is 16.1. The Bertz CT molecular complexity index is 1040. The van der Waals surface area contributed by atoms with Gasteiger partial charge in [0, 0.05) is 68.9 Å². The summed E-state index contributed by atoms with van der Waals surface area (Å²) >= 11 is 0. The van der Waals surface area contributed by atoms with Crippen molar-refractivity contribution in [3.63, 3.8) is 0 Å². The third-order valence-corrected chi connectivity index (χ3v) is 6.11. The maximum Gasteiger partial charge on any atom is 0.266 e. The normalized spacial score (nSPS) is 17.8. The second-order valence-electron chi connectivity index (χ2n) is 7.96. The van der Waals surface area contributed by atoms with Crippen LogP contribution in [0.1, 0.15) is 30.9 Å². The fourth-order valence-corrected chi connectivity index (χ4v) is 4.02. The molecule has 0 spiro atoms. The Balaban J connectivity index is 1.17. The van der Waals surface area contributed by atoms with Crippen molar-refractivity contribution in [2.75, 3.05) is 37.6 Å². The second-order valence-corrected chi connectivity index (χ2v) is 7.96. The van der Waals surface area contributed by atoms with Crippen LogP contribution in [0.25, 0.3) is 5.82 Å². The van der Waals surface area contributed by atoms with E-state index >= 15 is 0 Å². The Morgan fingerprint density at radius 3 is 2.60 bits per heavy atom. The largest absolute Gasteiger partial charge is 0.354 e. The van der Waals surface area contributed by atoms with E-state index in [1.165, 1.54) is 29.6 Å². The van der Waals surface area contributed by atoms with Gasteiger partial charge in [0.1, 0.15) is 12.1 Å². The fraction of sp³-hybridized carbons (Fsp3) is 0.476. The Labute approximate surface area is 175 Å². The Morgan fingerprint density at radius 1 is 1.00 bits per heavy atom. The first-order valence-electron chi connectivity index (χ1n) is 10.6. The molecule has 3 aromatic rings. The molecule has 9 nitrogen and oxygen atoms in total. The van der Waals surface area contributed by atoms with Gasteiger partial charge in [0.25, 0.3) is 5.56 Å². The molecule has 9 heteroatoms. The summed E-state index contributed by atoms with van der Waals surface area (Å²) in [6.45, 7) is 5.09. The summed E-state index contributed by atoms with van der Waals surface area (Å²) in [5.74, 6) is 2.31. The zero-order chi connectivity index (χ0) is 20.3. The van der Waals surface area contributed by atoms with Crippen LogP contribution in [0.4, 0.5) is 5.82 Å². The molecule has 0 aromatic carbocycles. The first-order valence-corrected chi connectivity index (χ1v) is 10.6. The van der Waals surface area contributed by atoms with E-state index in [1.807, 2.05) is 12.3 Å². The second kappa shape index (κ2) is 8.35. The molecule has 1 saturated carbocycles. The minimum absolute atomic E-state index is 0.0888. The van der Waals surface area contributed by atoms with Crippen molar-refractivity contribution in [3.05, 3.63) is 59.0 Å². The minimum atomic E-state index is -0.0888. The summed E-state index contributed by atoms with van der Waals surface area (Å²) in [4.78, 5) is 25.9. The zero-order valence-corrected chi connectivity index (χ0v) is 17.0. The Kier molecular flexibility index (Phi) is 5.27. The van der Waals surface area contributed by atoms with E-state index in [1.54, 1.807) is 29.3 Å². The van der Waals surface area contributed by atoms with E-state index in [9.17, 15) is 4.79 Å². The van der Waals surface area contributed by atoms with Gasteiger partial charge < -0.3 is 4.90 Å². The van der Waals surface area contributed by atoms with Crippen molar-refractivity contribution in [1.29, 1.82) is 0 Å². The van der Waals surface area contributed by atoms with Gasteiger partial charge in [0.15, 0.2) is 5.82 Å². The van der Waals surface area contributed by atoms with Gasteiger partial charge in [-0.15, -0.1) is 5.10 Å². The average Bonchev–Trinajstić information content (AvgIpc) is 3.27. The Hall–Kier alpha value is -3.07. The zero-order valence-electron chi connectivity index (χ0n) is 17.0. The molecule has 5 rings (SSSR count). The van der Waals surface area contributed by atoms with Crippen LogP contribution in [0.15, 0.2) is 47.8 Å². The van der Waals surface area contributed by atoms with Crippen molar-refractivity contribution in [2.45, 2.75) is 31.7 Å². The molecule has 0 unspecified atom stereocenters. The maximum atomic E-state index is 12.2. The maximum absolute atomic E-state index is 12.2. The third-order valence-electron chi connectivity index (χ3n) is 6.11. The number of rotatable bonds is 6. The number of aromatic nitrogens is 6. The van der Waals surface area contributed by atoms with E-state index in [0.717, 1.165) is 38.5 Å². The van der Waals surface area contributed by atoms with Gasteiger partial charge in [-0.3, -0.25) is 9.69 Å². The van der Waals surface area contributed by atoms with Gasteiger partial charge in [-0.1, -0.05) is 6.42 Å². The van der Waals surface area contributed by atoms with Gasteiger partial charge in [-0.2, -0.15) is 5.10 Å². The number of hydrogen-bond acceptors (Lipinski definition) is 7. The summed E-state index contributed by atoms with van der Waals surface area (Å²) in [6, 6.07) is 7.26. The number of anilines is 1. The minimum Gasteiger partial charge on any atom is -0.354 e. The molecule has 1 saturated heterocycles. The van der Waals surface area contributed by atoms with E-state index in [4.69, 9.17) is 0 Å². The summed E-state index contributed by atoms with van der Waals surface area (Å²) < 4.78 is 3.19. The molecule has 2 aliphatic rings. The molecular weight excluding hydrogens is 380 g/mol. The molecule has 3 aromatic heterocycles. The van der Waals surface area contributed by atoms with Crippen LogP contribution < -0.4 is 10.5 Å². The summed E-state index contributed by atoms with van der Waals surface area (Å²) in [5, 5.41) is 8.63. The summed E-state index contributed by atoms with van der Waals surface area (Å²) in [7, 11) is 0. The van der Waals surface area contributed by atoms with Gasteiger partial charge in [-0.05, 0) is 25.0 Å². The lowest BCUT2D eigenvalue weighted by molar-refractivity contribution is 0.242. The van der Waals surface area contributed by atoms with E-state index in [0.29, 0.717) is 18.3 Å². The summed E-state index contributed by atoms with van der Waals surface area (Å²) in [6.07, 6.45) is 9.04. The van der Waals surface area contributed by atoms with Gasteiger partial charge in [-0.25, -0.2) is 19.3 Å². The SMILES string of the molecule is O=c1ccc(-n2cccn2)nn1CCN1CCN(c2cc(C3CCC3)ncn2)CC1. The monoisotopic (exact) mass is 406 g/mol. The van der Waals surface area contributed by atoms with E-state index in [2.05, 4.69) is 36.0 Å². The standard InChI is InChI=1S/C21H26N8O/c30-21-6-5-19(28-8-2-7-24-28)25-29(21)14-11-26-9-12-27(13-10-26)20-15-18(22-16-23-20)17-3-1-4-17/h2,5-8,15-17H,1,3-4,9-14H2. The van der Waals surface area contributed by atoms with Crippen molar-refractivity contribution in [2.24, 2.45) is 0 Å². The molecule has 4 heterocycles. The number of nitrogens with zero attached hydrogens (tertiary/aromatic N) is 8. The first-order chi connectivity index (χ1) is 14.8. The lowest BCUT2D eigenvalue weighted by Crippen LogP contribution is -2.48. The lowest BCUT2D eigenvalue weighted by Gasteiger charge is -2.35. The van der Waals surface area contributed by atoms with Crippen LogP contribution in [0.2, 0.25) is 0 Å². The van der Waals surface area contributed by atoms with Crippen LogP contribution in [0, 0.1) is 0 Å². The molecule has 0 amide bonds. The highest BCUT2D eigenvalue weighted by molar-refractivity contribution is 5.40. The molecule has 2 fully saturated rings. The van der Waals surface area contributed by atoms with Gasteiger partial charge >= 0.3 is 0 Å². The molecule has 1 aliphatic heterocycles. The highest BCUT2D eigenvalue weighted by Crippen LogP contribution is 2.35. The van der Waals surface area contributed by atoms with E-state index in [-0.39, 0.29) is 5.56 Å². The van der Waals surface area contributed by atoms with Crippen LogP contribution >= 0.6 is 0 Å². The molecule has 30 heavy (non-hydrogen) atoms. The van der Waals surface area contributed by atoms with Crippen LogP contribution in [-0.2, 0) is 6.54 Å². The predicted molar refractivity (Wildman–Crippen MR) is 113 cm³/mol.